The third-order valence-electron chi connectivity index (χ3n) is 3.12. The van der Waals surface area contributed by atoms with E-state index in [4.69, 9.17) is 4.42 Å². The molecule has 0 radical (unpaired) electrons. The minimum absolute atomic E-state index is 0.626. The van der Waals surface area contributed by atoms with Gasteiger partial charge in [0, 0.05) is 18.5 Å². The van der Waals surface area contributed by atoms with Crippen LogP contribution in [0.15, 0.2) is 16.5 Å². The zero-order valence-corrected chi connectivity index (χ0v) is 12.1. The zero-order chi connectivity index (χ0) is 13.8. The second-order valence-electron chi connectivity index (χ2n) is 4.88. The predicted molar refractivity (Wildman–Crippen MR) is 76.2 cm³/mol. The summed E-state index contributed by atoms with van der Waals surface area (Å²) in [5.74, 6) is 1.32. The predicted octanol–water partition coefficient (Wildman–Crippen LogP) is 2.81. The highest BCUT2D eigenvalue weighted by Crippen LogP contribution is 2.27. The molecule has 1 N–H and O–H groups in total. The van der Waals surface area contributed by atoms with E-state index in [0.29, 0.717) is 11.8 Å². The number of hydrogen-bond donors (Lipinski definition) is 1. The molecule has 2 rings (SSSR count). The van der Waals surface area contributed by atoms with E-state index in [1.54, 1.807) is 0 Å². The second-order valence-corrected chi connectivity index (χ2v) is 4.88. The quantitative estimate of drug-likeness (QED) is 0.839. The Morgan fingerprint density at radius 1 is 1.11 bits per heavy atom. The third kappa shape index (κ3) is 3.20. The lowest BCUT2D eigenvalue weighted by molar-refractivity contribution is 0.496. The summed E-state index contributed by atoms with van der Waals surface area (Å²) in [6.45, 7) is 10.2. The fourth-order valence-electron chi connectivity index (χ4n) is 2.35. The number of hydrogen-bond acceptors (Lipinski definition) is 4. The van der Waals surface area contributed by atoms with Crippen molar-refractivity contribution in [2.75, 3.05) is 13.1 Å². The molecule has 4 nitrogen and oxygen atoms in total. The van der Waals surface area contributed by atoms with E-state index < -0.39 is 0 Å². The monoisotopic (exact) mass is 259 g/mol. The van der Waals surface area contributed by atoms with E-state index in [1.807, 2.05) is 0 Å². The van der Waals surface area contributed by atoms with Gasteiger partial charge in [0.05, 0.1) is 0 Å². The number of nitrogens with zero attached hydrogens (tertiary/aromatic N) is 2. The van der Waals surface area contributed by atoms with Gasteiger partial charge in [-0.25, -0.2) is 0 Å². The summed E-state index contributed by atoms with van der Waals surface area (Å²) in [6, 6.07) is 4.29. The molecule has 0 spiro atoms. The van der Waals surface area contributed by atoms with E-state index in [0.717, 1.165) is 25.1 Å². The number of likely N-dealkylation sites (N-methyl/N-ethyl adjacent to an activating group) is 1. The first-order chi connectivity index (χ1) is 9.11. The third-order valence-corrected chi connectivity index (χ3v) is 3.12. The van der Waals surface area contributed by atoms with Crippen molar-refractivity contribution in [3.8, 4) is 11.5 Å². The molecule has 4 heteroatoms. The van der Waals surface area contributed by atoms with Crippen LogP contribution in [0.25, 0.3) is 11.5 Å². The van der Waals surface area contributed by atoms with Gasteiger partial charge in [0.2, 0.25) is 11.8 Å². The highest BCUT2D eigenvalue weighted by atomic mass is 16.4. The molecular weight excluding hydrogens is 238 g/mol. The van der Waals surface area contributed by atoms with Crippen LogP contribution in [0.5, 0.6) is 0 Å². The van der Waals surface area contributed by atoms with Crippen LogP contribution in [0.3, 0.4) is 0 Å². The molecule has 1 aromatic carbocycles. The maximum absolute atomic E-state index is 5.76. The molecule has 0 aliphatic carbocycles. The largest absolute Gasteiger partial charge is 0.421 e. The minimum Gasteiger partial charge on any atom is -0.421 e. The number of benzene rings is 1. The molecular formula is C15H21N3O. The highest BCUT2D eigenvalue weighted by Gasteiger charge is 2.13. The topological polar surface area (TPSA) is 51.0 Å². The molecule has 2 aromatic rings. The van der Waals surface area contributed by atoms with Crippen LogP contribution >= 0.6 is 0 Å². The van der Waals surface area contributed by atoms with Crippen LogP contribution in [0.1, 0.15) is 29.5 Å². The standard InChI is InChI=1S/C15H21N3O/c1-5-16-7-6-13-17-18-15(19-13)14-11(3)8-10(2)9-12(14)4/h8-9,16H,5-7H2,1-4H3. The van der Waals surface area contributed by atoms with Crippen molar-refractivity contribution in [3.05, 3.63) is 34.7 Å². The van der Waals surface area contributed by atoms with E-state index >= 15 is 0 Å². The molecule has 0 saturated carbocycles. The summed E-state index contributed by atoms with van der Waals surface area (Å²) >= 11 is 0. The maximum Gasteiger partial charge on any atom is 0.248 e. The Labute approximate surface area is 114 Å². The first kappa shape index (κ1) is 13.7. The van der Waals surface area contributed by atoms with Crippen molar-refractivity contribution in [2.24, 2.45) is 0 Å². The first-order valence-electron chi connectivity index (χ1n) is 6.73. The smallest absolute Gasteiger partial charge is 0.248 e. The molecule has 1 heterocycles. The Morgan fingerprint density at radius 2 is 1.79 bits per heavy atom. The molecule has 0 bridgehead atoms. The summed E-state index contributed by atoms with van der Waals surface area (Å²) in [5, 5.41) is 11.5. The van der Waals surface area contributed by atoms with Crippen molar-refractivity contribution >= 4 is 0 Å². The van der Waals surface area contributed by atoms with Crippen molar-refractivity contribution in [2.45, 2.75) is 34.1 Å². The Bertz CT molecular complexity index is 537. The number of nitrogens with one attached hydrogen (secondary N) is 1. The van der Waals surface area contributed by atoms with Crippen LogP contribution in [0, 0.1) is 20.8 Å². The van der Waals surface area contributed by atoms with Gasteiger partial charge in [-0.15, -0.1) is 10.2 Å². The van der Waals surface area contributed by atoms with Crippen molar-refractivity contribution in [1.82, 2.24) is 15.5 Å². The lowest BCUT2D eigenvalue weighted by Crippen LogP contribution is -2.16. The fourth-order valence-corrected chi connectivity index (χ4v) is 2.35. The molecule has 0 unspecified atom stereocenters. The van der Waals surface area contributed by atoms with Gasteiger partial charge in [-0.2, -0.15) is 0 Å². The average Bonchev–Trinajstić information content (AvgIpc) is 2.76. The summed E-state index contributed by atoms with van der Waals surface area (Å²) in [6.07, 6.45) is 0.769. The Balaban J connectivity index is 2.23. The van der Waals surface area contributed by atoms with Gasteiger partial charge < -0.3 is 9.73 Å². The van der Waals surface area contributed by atoms with Crippen molar-refractivity contribution in [1.29, 1.82) is 0 Å². The van der Waals surface area contributed by atoms with Crippen LogP contribution in [-0.2, 0) is 6.42 Å². The Hall–Kier alpha value is -1.68. The average molecular weight is 259 g/mol. The van der Waals surface area contributed by atoms with E-state index in [2.05, 4.69) is 55.3 Å². The molecule has 0 aliphatic rings. The summed E-state index contributed by atoms with van der Waals surface area (Å²) in [5.41, 5.74) is 4.68. The molecule has 19 heavy (non-hydrogen) atoms. The van der Waals surface area contributed by atoms with Gasteiger partial charge in [0.25, 0.3) is 0 Å². The van der Waals surface area contributed by atoms with E-state index in [1.165, 1.54) is 16.7 Å². The van der Waals surface area contributed by atoms with Crippen molar-refractivity contribution < 1.29 is 4.42 Å². The maximum atomic E-state index is 5.76. The summed E-state index contributed by atoms with van der Waals surface area (Å²) in [7, 11) is 0. The Morgan fingerprint density at radius 3 is 2.42 bits per heavy atom. The van der Waals surface area contributed by atoms with E-state index in [9.17, 15) is 0 Å². The van der Waals surface area contributed by atoms with Gasteiger partial charge in [0.1, 0.15) is 0 Å². The lowest BCUT2D eigenvalue weighted by Gasteiger charge is -2.07. The van der Waals surface area contributed by atoms with Crippen LogP contribution < -0.4 is 5.32 Å². The summed E-state index contributed by atoms with van der Waals surface area (Å²) in [4.78, 5) is 0. The van der Waals surface area contributed by atoms with Gasteiger partial charge in [-0.3, -0.25) is 0 Å². The van der Waals surface area contributed by atoms with Crippen LogP contribution in [-0.4, -0.2) is 23.3 Å². The van der Waals surface area contributed by atoms with Crippen molar-refractivity contribution in [3.63, 3.8) is 0 Å². The number of aryl methyl sites for hydroxylation is 3. The van der Waals surface area contributed by atoms with Gasteiger partial charge in [0.15, 0.2) is 0 Å². The molecule has 1 aromatic heterocycles. The van der Waals surface area contributed by atoms with Gasteiger partial charge >= 0.3 is 0 Å². The summed E-state index contributed by atoms with van der Waals surface area (Å²) < 4.78 is 5.76. The van der Waals surface area contributed by atoms with Crippen LogP contribution in [0.2, 0.25) is 0 Å². The second kappa shape index (κ2) is 5.97. The first-order valence-corrected chi connectivity index (χ1v) is 6.73. The van der Waals surface area contributed by atoms with Crippen LogP contribution in [0.4, 0.5) is 0 Å². The van der Waals surface area contributed by atoms with E-state index in [-0.39, 0.29) is 0 Å². The fraction of sp³-hybridized carbons (Fsp3) is 0.467. The molecule has 0 amide bonds. The normalized spacial score (nSPS) is 10.9. The lowest BCUT2D eigenvalue weighted by atomic mass is 10.00. The number of rotatable bonds is 5. The minimum atomic E-state index is 0.626. The SMILES string of the molecule is CCNCCc1nnc(-c2c(C)cc(C)cc2C)o1. The highest BCUT2D eigenvalue weighted by molar-refractivity contribution is 5.63. The molecule has 0 atom stereocenters. The molecule has 102 valence electrons. The number of aromatic nitrogens is 2. The molecule has 0 saturated heterocycles. The Kier molecular flexibility index (Phi) is 4.32. The van der Waals surface area contributed by atoms with Gasteiger partial charge in [-0.05, 0) is 38.4 Å². The zero-order valence-electron chi connectivity index (χ0n) is 12.1. The molecule has 0 aliphatic heterocycles. The molecule has 0 fully saturated rings. The van der Waals surface area contributed by atoms with Gasteiger partial charge in [-0.1, -0.05) is 24.6 Å².